The van der Waals surface area contributed by atoms with Crippen molar-refractivity contribution in [3.63, 3.8) is 0 Å². The first-order valence-corrected chi connectivity index (χ1v) is 11.0. The molecule has 2 N–H and O–H groups in total. The summed E-state index contributed by atoms with van der Waals surface area (Å²) in [4.78, 5) is 24.5. The van der Waals surface area contributed by atoms with E-state index in [1.54, 1.807) is 6.07 Å². The van der Waals surface area contributed by atoms with Gasteiger partial charge in [-0.15, -0.1) is 0 Å². The van der Waals surface area contributed by atoms with Crippen LogP contribution in [0.4, 0.5) is 10.1 Å². The topological polar surface area (TPSA) is 110 Å². The standard InChI is InChI=1S/C20H20FN3O5S/c21-15-7-3-4-8-16(15)22-19(25)12-24-17-10-9-14(11-18(17)29-20(24)26)30(27,28)23-13-5-1-2-6-13/h3-4,7-11,13,23H,1-2,5-6,12H2,(H,22,25). The molecule has 0 radical (unpaired) electrons. The van der Waals surface area contributed by atoms with Gasteiger partial charge in [-0.1, -0.05) is 25.0 Å². The molecule has 8 nitrogen and oxygen atoms in total. The minimum atomic E-state index is -3.75. The van der Waals surface area contributed by atoms with E-state index >= 15 is 0 Å². The first-order valence-electron chi connectivity index (χ1n) is 9.53. The molecule has 1 fully saturated rings. The van der Waals surface area contributed by atoms with Gasteiger partial charge in [-0.25, -0.2) is 22.3 Å². The third-order valence-electron chi connectivity index (χ3n) is 5.08. The van der Waals surface area contributed by atoms with Gasteiger partial charge in [0.2, 0.25) is 15.9 Å². The number of sulfonamides is 1. The highest BCUT2D eigenvalue weighted by molar-refractivity contribution is 7.89. The predicted octanol–water partition coefficient (Wildman–Crippen LogP) is 2.59. The first kappa shape index (κ1) is 20.3. The van der Waals surface area contributed by atoms with Crippen molar-refractivity contribution in [3.8, 4) is 0 Å². The average molecular weight is 433 g/mol. The van der Waals surface area contributed by atoms with E-state index in [2.05, 4.69) is 10.0 Å². The Hall–Kier alpha value is -2.98. The minimum Gasteiger partial charge on any atom is -0.408 e. The van der Waals surface area contributed by atoms with E-state index in [0.717, 1.165) is 30.3 Å². The summed E-state index contributed by atoms with van der Waals surface area (Å²) < 4.78 is 47.8. The molecular formula is C20H20FN3O5S. The quantitative estimate of drug-likeness (QED) is 0.621. The SMILES string of the molecule is O=C(Cn1c(=O)oc2cc(S(=O)(=O)NC3CCCC3)ccc21)Nc1ccccc1F. The van der Waals surface area contributed by atoms with Gasteiger partial charge in [-0.3, -0.25) is 9.36 Å². The number of carbonyl (C=O) groups excluding carboxylic acids is 1. The molecule has 4 rings (SSSR count). The molecule has 1 aliphatic carbocycles. The number of halogens is 1. The molecular weight excluding hydrogens is 413 g/mol. The Labute approximate surface area is 171 Å². The summed E-state index contributed by atoms with van der Waals surface area (Å²) in [7, 11) is -3.75. The molecule has 0 aliphatic heterocycles. The van der Waals surface area contributed by atoms with Crippen molar-refractivity contribution in [1.29, 1.82) is 0 Å². The van der Waals surface area contributed by atoms with Gasteiger partial charge in [0.15, 0.2) is 5.58 Å². The molecule has 0 spiro atoms. The molecule has 158 valence electrons. The van der Waals surface area contributed by atoms with E-state index in [-0.39, 0.29) is 27.7 Å². The van der Waals surface area contributed by atoms with Gasteiger partial charge in [0.1, 0.15) is 12.4 Å². The van der Waals surface area contributed by atoms with Crippen LogP contribution in [0.3, 0.4) is 0 Å². The van der Waals surface area contributed by atoms with E-state index in [0.29, 0.717) is 0 Å². The first-order chi connectivity index (χ1) is 14.3. The second-order valence-electron chi connectivity index (χ2n) is 7.21. The Kier molecular flexibility index (Phi) is 5.44. The molecule has 10 heteroatoms. The van der Waals surface area contributed by atoms with Crippen molar-refractivity contribution in [2.75, 3.05) is 5.32 Å². The van der Waals surface area contributed by atoms with Gasteiger partial charge < -0.3 is 9.73 Å². The maximum atomic E-state index is 13.7. The second-order valence-corrected chi connectivity index (χ2v) is 8.93. The summed E-state index contributed by atoms with van der Waals surface area (Å²) >= 11 is 0. The number of anilines is 1. The van der Waals surface area contributed by atoms with E-state index < -0.39 is 34.0 Å². The zero-order valence-electron chi connectivity index (χ0n) is 15.9. The van der Waals surface area contributed by atoms with Crippen LogP contribution in [0.2, 0.25) is 0 Å². The molecule has 30 heavy (non-hydrogen) atoms. The van der Waals surface area contributed by atoms with Crippen molar-refractivity contribution in [3.05, 3.63) is 58.8 Å². The third kappa shape index (κ3) is 4.14. The lowest BCUT2D eigenvalue weighted by Crippen LogP contribution is -2.32. The Morgan fingerprint density at radius 2 is 1.90 bits per heavy atom. The van der Waals surface area contributed by atoms with Gasteiger partial charge in [-0.05, 0) is 37.1 Å². The Morgan fingerprint density at radius 1 is 1.17 bits per heavy atom. The van der Waals surface area contributed by atoms with Gasteiger partial charge in [0, 0.05) is 12.1 Å². The van der Waals surface area contributed by atoms with Crippen molar-refractivity contribution in [2.24, 2.45) is 0 Å². The number of amides is 1. The number of fused-ring (bicyclic) bond motifs is 1. The van der Waals surface area contributed by atoms with Crippen LogP contribution in [0, 0.1) is 5.82 Å². The summed E-state index contributed by atoms with van der Waals surface area (Å²) in [5.74, 6) is -2.03. The van der Waals surface area contributed by atoms with Crippen molar-refractivity contribution < 1.29 is 22.0 Å². The molecule has 0 atom stereocenters. The number of carbonyl (C=O) groups is 1. The van der Waals surface area contributed by atoms with E-state index in [1.807, 2.05) is 0 Å². The molecule has 3 aromatic rings. The van der Waals surface area contributed by atoms with E-state index in [4.69, 9.17) is 4.42 Å². The van der Waals surface area contributed by atoms with Crippen LogP contribution in [-0.4, -0.2) is 24.9 Å². The van der Waals surface area contributed by atoms with Gasteiger partial charge in [-0.2, -0.15) is 0 Å². The zero-order chi connectivity index (χ0) is 21.3. The highest BCUT2D eigenvalue weighted by atomic mass is 32.2. The third-order valence-corrected chi connectivity index (χ3v) is 6.59. The lowest BCUT2D eigenvalue weighted by molar-refractivity contribution is -0.116. The maximum absolute atomic E-state index is 13.7. The Bertz CT molecular complexity index is 1260. The van der Waals surface area contributed by atoms with Crippen LogP contribution < -0.4 is 15.8 Å². The molecule has 1 amide bonds. The average Bonchev–Trinajstić information content (AvgIpc) is 3.30. The van der Waals surface area contributed by atoms with E-state index in [9.17, 15) is 22.4 Å². The molecule has 1 saturated carbocycles. The summed E-state index contributed by atoms with van der Waals surface area (Å²) in [6.45, 7) is -0.410. The fourth-order valence-electron chi connectivity index (χ4n) is 3.59. The molecule has 1 heterocycles. The van der Waals surface area contributed by atoms with Crippen LogP contribution in [0.25, 0.3) is 11.1 Å². The number of nitrogens with one attached hydrogen (secondary N) is 2. The van der Waals surface area contributed by atoms with Gasteiger partial charge >= 0.3 is 5.76 Å². The molecule has 1 aliphatic rings. The highest BCUT2D eigenvalue weighted by Gasteiger charge is 2.24. The molecule has 0 saturated heterocycles. The molecule has 0 bridgehead atoms. The monoisotopic (exact) mass is 433 g/mol. The second kappa shape index (κ2) is 8.04. The number of rotatable bonds is 6. The fourth-order valence-corrected chi connectivity index (χ4v) is 4.91. The molecule has 0 unspecified atom stereocenters. The normalized spacial score (nSPS) is 15.0. The summed E-state index contributed by atoms with van der Waals surface area (Å²) in [6, 6.07) is 9.61. The summed E-state index contributed by atoms with van der Waals surface area (Å²) in [6.07, 6.45) is 3.56. The Balaban J connectivity index is 1.57. The summed E-state index contributed by atoms with van der Waals surface area (Å²) in [5, 5.41) is 2.40. The van der Waals surface area contributed by atoms with Crippen molar-refractivity contribution >= 4 is 32.7 Å². The fraction of sp³-hybridized carbons (Fsp3) is 0.300. The largest absolute Gasteiger partial charge is 0.420 e. The van der Waals surface area contributed by atoms with Crippen LogP contribution in [0.1, 0.15) is 25.7 Å². The lowest BCUT2D eigenvalue weighted by Gasteiger charge is -2.12. The molecule has 1 aromatic heterocycles. The number of benzene rings is 2. The van der Waals surface area contributed by atoms with E-state index in [1.165, 1.54) is 36.4 Å². The maximum Gasteiger partial charge on any atom is 0.420 e. The smallest absolute Gasteiger partial charge is 0.408 e. The van der Waals surface area contributed by atoms with Crippen LogP contribution in [-0.2, 0) is 21.4 Å². The predicted molar refractivity (Wildman–Crippen MR) is 108 cm³/mol. The van der Waals surface area contributed by atoms with Gasteiger partial charge in [0.05, 0.1) is 16.1 Å². The number of nitrogens with zero attached hydrogens (tertiary/aromatic N) is 1. The van der Waals surface area contributed by atoms with Gasteiger partial charge in [0.25, 0.3) is 0 Å². The Morgan fingerprint density at radius 3 is 2.63 bits per heavy atom. The number of oxazole rings is 1. The highest BCUT2D eigenvalue weighted by Crippen LogP contribution is 2.23. The van der Waals surface area contributed by atoms with Crippen LogP contribution in [0.15, 0.2) is 56.6 Å². The minimum absolute atomic E-state index is 0.00489. The number of aromatic nitrogens is 1. The van der Waals surface area contributed by atoms with Crippen molar-refractivity contribution in [1.82, 2.24) is 9.29 Å². The number of hydrogen-bond donors (Lipinski definition) is 2. The van der Waals surface area contributed by atoms with Crippen LogP contribution in [0.5, 0.6) is 0 Å². The van der Waals surface area contributed by atoms with Crippen molar-refractivity contribution in [2.45, 2.75) is 43.2 Å². The lowest BCUT2D eigenvalue weighted by atomic mass is 10.3. The van der Waals surface area contributed by atoms with Crippen LogP contribution >= 0.6 is 0 Å². The number of para-hydroxylation sites is 1. The number of hydrogen-bond acceptors (Lipinski definition) is 5. The summed E-state index contributed by atoms with van der Waals surface area (Å²) in [5.41, 5.74) is 0.311. The molecule has 2 aromatic carbocycles. The zero-order valence-corrected chi connectivity index (χ0v) is 16.7.